The first-order chi connectivity index (χ1) is 4.27. The molecule has 1 rings (SSSR count). The Labute approximate surface area is 56.9 Å². The van der Waals surface area contributed by atoms with Crippen LogP contribution in [-0.2, 0) is 9.47 Å². The molecule has 0 bridgehead atoms. The molecule has 0 amide bonds. The lowest BCUT2D eigenvalue weighted by Gasteiger charge is -2.23. The van der Waals surface area contributed by atoms with Crippen molar-refractivity contribution >= 4 is 7.85 Å². The zero-order valence-corrected chi connectivity index (χ0v) is 5.72. The van der Waals surface area contributed by atoms with Crippen molar-refractivity contribution in [2.45, 2.75) is 25.5 Å². The molecule has 1 atom stereocenters. The Morgan fingerprint density at radius 2 is 2.56 bits per heavy atom. The quantitative estimate of drug-likeness (QED) is 0.506. The summed E-state index contributed by atoms with van der Waals surface area (Å²) in [6.45, 7) is 3.27. The van der Waals surface area contributed by atoms with Crippen molar-refractivity contribution in [3.63, 3.8) is 0 Å². The van der Waals surface area contributed by atoms with E-state index in [-0.39, 0.29) is 0 Å². The van der Waals surface area contributed by atoms with Crippen molar-refractivity contribution < 1.29 is 9.47 Å². The lowest BCUT2D eigenvalue weighted by atomic mass is 9.92. The molecule has 1 fully saturated rings. The molecular formula is C6H11BO2. The van der Waals surface area contributed by atoms with Gasteiger partial charge in [0.15, 0.2) is 7.85 Å². The van der Waals surface area contributed by atoms with Crippen LogP contribution in [0.15, 0.2) is 0 Å². The third-order valence-electron chi connectivity index (χ3n) is 1.40. The standard InChI is InChI=1S/C6H11BO2/c1-2-8-6(7)4-3-5-9-6/h2-5H2,1H3. The highest BCUT2D eigenvalue weighted by Gasteiger charge is 2.28. The molecule has 1 saturated heterocycles. The molecule has 0 aromatic rings. The van der Waals surface area contributed by atoms with Gasteiger partial charge in [0.25, 0.3) is 0 Å². The highest BCUT2D eigenvalue weighted by atomic mass is 16.7. The summed E-state index contributed by atoms with van der Waals surface area (Å²) >= 11 is 0. The van der Waals surface area contributed by atoms with Crippen LogP contribution in [0.2, 0.25) is 0 Å². The van der Waals surface area contributed by atoms with Gasteiger partial charge in [0.05, 0.1) is 0 Å². The molecule has 1 unspecified atom stereocenters. The largest absolute Gasteiger partial charge is 0.360 e. The zero-order chi connectivity index (χ0) is 6.74. The maximum Gasteiger partial charge on any atom is 0.154 e. The van der Waals surface area contributed by atoms with Crippen molar-refractivity contribution in [3.05, 3.63) is 0 Å². The minimum absolute atomic E-state index is 0.622. The summed E-state index contributed by atoms with van der Waals surface area (Å²) in [7, 11) is 5.63. The Hall–Kier alpha value is -0.0151. The summed E-state index contributed by atoms with van der Waals surface area (Å²) in [5.74, 6) is 0. The molecule has 0 N–H and O–H groups in total. The van der Waals surface area contributed by atoms with Gasteiger partial charge in [-0.2, -0.15) is 0 Å². The van der Waals surface area contributed by atoms with E-state index in [9.17, 15) is 0 Å². The molecule has 3 heteroatoms. The van der Waals surface area contributed by atoms with Crippen molar-refractivity contribution in [3.8, 4) is 0 Å². The minimum Gasteiger partial charge on any atom is -0.360 e. The fraction of sp³-hybridized carbons (Fsp3) is 1.00. The first kappa shape index (κ1) is 7.10. The van der Waals surface area contributed by atoms with Crippen LogP contribution < -0.4 is 0 Å². The van der Waals surface area contributed by atoms with Crippen LogP contribution in [0.1, 0.15) is 19.8 Å². The van der Waals surface area contributed by atoms with Gasteiger partial charge in [-0.25, -0.2) is 0 Å². The average Bonchev–Trinajstić information content (AvgIpc) is 2.16. The van der Waals surface area contributed by atoms with Crippen LogP contribution in [0.4, 0.5) is 0 Å². The van der Waals surface area contributed by atoms with E-state index in [0.29, 0.717) is 6.61 Å². The minimum atomic E-state index is -0.755. The maximum absolute atomic E-state index is 5.63. The van der Waals surface area contributed by atoms with Crippen LogP contribution in [-0.4, -0.2) is 26.7 Å². The van der Waals surface area contributed by atoms with E-state index >= 15 is 0 Å². The average molecular weight is 126 g/mol. The predicted molar refractivity (Wildman–Crippen MR) is 35.3 cm³/mol. The molecule has 0 spiro atoms. The summed E-state index contributed by atoms with van der Waals surface area (Å²) < 4.78 is 10.3. The Morgan fingerprint density at radius 3 is 3.00 bits per heavy atom. The molecule has 1 heterocycles. The summed E-state index contributed by atoms with van der Waals surface area (Å²) in [6.07, 6.45) is 1.83. The summed E-state index contributed by atoms with van der Waals surface area (Å²) in [6, 6.07) is 0. The van der Waals surface area contributed by atoms with E-state index in [0.717, 1.165) is 19.4 Å². The van der Waals surface area contributed by atoms with E-state index in [1.807, 2.05) is 6.92 Å². The second kappa shape index (κ2) is 2.71. The predicted octanol–water partition coefficient (Wildman–Crippen LogP) is 0.656. The van der Waals surface area contributed by atoms with E-state index in [2.05, 4.69) is 0 Å². The summed E-state index contributed by atoms with van der Waals surface area (Å²) in [4.78, 5) is 0. The fourth-order valence-corrected chi connectivity index (χ4v) is 0.994. The molecule has 1 aliphatic rings. The summed E-state index contributed by atoms with van der Waals surface area (Å²) in [5, 5.41) is 0. The van der Waals surface area contributed by atoms with Crippen LogP contribution >= 0.6 is 0 Å². The lowest BCUT2D eigenvalue weighted by Crippen LogP contribution is -2.31. The van der Waals surface area contributed by atoms with Crippen molar-refractivity contribution in [2.75, 3.05) is 13.2 Å². The maximum atomic E-state index is 5.63. The highest BCUT2D eigenvalue weighted by molar-refractivity contribution is 6.13. The van der Waals surface area contributed by atoms with Gasteiger partial charge in [-0.05, 0) is 19.8 Å². The van der Waals surface area contributed by atoms with Crippen LogP contribution in [0.25, 0.3) is 0 Å². The number of rotatable bonds is 2. The summed E-state index contributed by atoms with van der Waals surface area (Å²) in [5.41, 5.74) is -0.755. The molecule has 0 saturated carbocycles. The number of ether oxygens (including phenoxy) is 2. The van der Waals surface area contributed by atoms with E-state index in [1.165, 1.54) is 0 Å². The monoisotopic (exact) mass is 126 g/mol. The molecule has 2 radical (unpaired) electrons. The molecular weight excluding hydrogens is 115 g/mol. The van der Waals surface area contributed by atoms with E-state index in [4.69, 9.17) is 17.3 Å². The smallest absolute Gasteiger partial charge is 0.154 e. The highest BCUT2D eigenvalue weighted by Crippen LogP contribution is 2.22. The van der Waals surface area contributed by atoms with Gasteiger partial charge >= 0.3 is 0 Å². The van der Waals surface area contributed by atoms with Crippen LogP contribution in [0.3, 0.4) is 0 Å². The SMILES string of the molecule is [B]C1(OCC)CCCO1. The normalized spacial score (nSPS) is 35.2. The molecule has 0 aliphatic carbocycles. The van der Waals surface area contributed by atoms with Crippen LogP contribution in [0, 0.1) is 0 Å². The van der Waals surface area contributed by atoms with Gasteiger partial charge in [0.2, 0.25) is 0 Å². The first-order valence-electron chi connectivity index (χ1n) is 3.33. The van der Waals surface area contributed by atoms with E-state index in [1.54, 1.807) is 0 Å². The molecule has 0 aromatic carbocycles. The Balaban J connectivity index is 2.32. The van der Waals surface area contributed by atoms with Gasteiger partial charge < -0.3 is 9.47 Å². The van der Waals surface area contributed by atoms with Gasteiger partial charge in [0.1, 0.15) is 5.69 Å². The number of hydrogen-bond acceptors (Lipinski definition) is 2. The van der Waals surface area contributed by atoms with E-state index < -0.39 is 5.69 Å². The molecule has 50 valence electrons. The van der Waals surface area contributed by atoms with Crippen molar-refractivity contribution in [1.82, 2.24) is 0 Å². The fourth-order valence-electron chi connectivity index (χ4n) is 0.994. The molecule has 1 aliphatic heterocycles. The first-order valence-corrected chi connectivity index (χ1v) is 3.33. The van der Waals surface area contributed by atoms with Gasteiger partial charge in [-0.3, -0.25) is 0 Å². The second-order valence-electron chi connectivity index (χ2n) is 2.20. The third-order valence-corrected chi connectivity index (χ3v) is 1.40. The molecule has 2 nitrogen and oxygen atoms in total. The van der Waals surface area contributed by atoms with Crippen molar-refractivity contribution in [2.24, 2.45) is 0 Å². The van der Waals surface area contributed by atoms with Gasteiger partial charge in [-0.1, -0.05) is 0 Å². The zero-order valence-electron chi connectivity index (χ0n) is 5.72. The van der Waals surface area contributed by atoms with Gasteiger partial charge in [-0.15, -0.1) is 0 Å². The third kappa shape index (κ3) is 1.70. The molecule has 0 aromatic heterocycles. The topological polar surface area (TPSA) is 18.5 Å². The Kier molecular flexibility index (Phi) is 2.14. The van der Waals surface area contributed by atoms with Crippen molar-refractivity contribution in [1.29, 1.82) is 0 Å². The Morgan fingerprint density at radius 1 is 1.78 bits per heavy atom. The second-order valence-corrected chi connectivity index (χ2v) is 2.20. The molecule has 9 heavy (non-hydrogen) atoms. The van der Waals surface area contributed by atoms with Crippen LogP contribution in [0.5, 0.6) is 0 Å². The van der Waals surface area contributed by atoms with Gasteiger partial charge in [0, 0.05) is 13.2 Å². The lowest BCUT2D eigenvalue weighted by molar-refractivity contribution is -0.144. The Bertz CT molecular complexity index is 89.1. The number of hydrogen-bond donors (Lipinski definition) is 0.